The number of carboxylic acids is 4. The average Bonchev–Trinajstić information content (AvgIpc) is 3.68. The van der Waals surface area contributed by atoms with Gasteiger partial charge in [-0.1, -0.05) is 6.07 Å². The van der Waals surface area contributed by atoms with Crippen LogP contribution in [-0.2, 0) is 30.3 Å². The summed E-state index contributed by atoms with van der Waals surface area (Å²) >= 11 is 0. The van der Waals surface area contributed by atoms with Gasteiger partial charge in [-0.2, -0.15) is 52.7 Å². The number of alkyl halides is 12. The number of halogens is 12. The Hall–Kier alpha value is -3.97. The van der Waals surface area contributed by atoms with Crippen LogP contribution in [0.4, 0.5) is 52.7 Å². The number of rotatable bonds is 5. The molecule has 0 spiro atoms. The summed E-state index contributed by atoms with van der Waals surface area (Å²) in [6, 6.07) is 5.62. The number of aromatic nitrogens is 1. The molecule has 3 aliphatic heterocycles. The Labute approximate surface area is 292 Å². The third-order valence-corrected chi connectivity index (χ3v) is 7.29. The molecule has 53 heavy (non-hydrogen) atoms. The first-order valence-electron chi connectivity index (χ1n) is 14.9. The van der Waals surface area contributed by atoms with Crippen molar-refractivity contribution < 1.29 is 97.0 Å². The number of nitrogens with zero attached hydrogens (tertiary/aromatic N) is 4. The molecule has 0 aromatic carbocycles. The Kier molecular flexibility index (Phi) is 20.0. The van der Waals surface area contributed by atoms with Crippen molar-refractivity contribution in [1.29, 1.82) is 0 Å². The fourth-order valence-corrected chi connectivity index (χ4v) is 4.79. The van der Waals surface area contributed by atoms with Gasteiger partial charge in [-0.15, -0.1) is 0 Å². The van der Waals surface area contributed by atoms with Crippen molar-refractivity contribution in [1.82, 2.24) is 19.7 Å². The maximum atomic E-state index is 10.6. The predicted molar refractivity (Wildman–Crippen MR) is 154 cm³/mol. The van der Waals surface area contributed by atoms with E-state index in [1.165, 1.54) is 57.7 Å². The number of likely N-dealkylation sites (tertiary alicyclic amines) is 1. The molecule has 3 aliphatic rings. The van der Waals surface area contributed by atoms with E-state index in [1.54, 1.807) is 0 Å². The van der Waals surface area contributed by atoms with Crippen LogP contribution in [0.1, 0.15) is 18.4 Å². The molecular weight excluding hydrogens is 764 g/mol. The number of hydrogen-bond acceptors (Lipinski definition) is 9. The van der Waals surface area contributed by atoms with Crippen molar-refractivity contribution in [3.8, 4) is 0 Å². The highest BCUT2D eigenvalue weighted by Gasteiger charge is 2.41. The van der Waals surface area contributed by atoms with Crippen LogP contribution in [0.5, 0.6) is 0 Å². The number of carbonyl (C=O) groups is 4. The second kappa shape index (κ2) is 21.7. The highest BCUT2D eigenvalue weighted by Crippen LogP contribution is 2.29. The summed E-state index contributed by atoms with van der Waals surface area (Å²) in [5, 5.41) is 28.5. The quantitative estimate of drug-likeness (QED) is 0.316. The van der Waals surface area contributed by atoms with Gasteiger partial charge >= 0.3 is 48.6 Å². The van der Waals surface area contributed by atoms with Crippen molar-refractivity contribution in [2.24, 2.45) is 5.92 Å². The van der Waals surface area contributed by atoms with Crippen molar-refractivity contribution in [2.45, 2.75) is 56.1 Å². The Bertz CT molecular complexity index is 1170. The van der Waals surface area contributed by atoms with Crippen LogP contribution in [0.25, 0.3) is 0 Å². The van der Waals surface area contributed by atoms with E-state index >= 15 is 0 Å². The molecule has 3 saturated heterocycles. The van der Waals surface area contributed by atoms with Gasteiger partial charge in [0.2, 0.25) is 0 Å². The van der Waals surface area contributed by atoms with Crippen LogP contribution < -0.4 is 0 Å². The van der Waals surface area contributed by atoms with Gasteiger partial charge in [0.1, 0.15) is 0 Å². The van der Waals surface area contributed by atoms with Gasteiger partial charge in [-0.05, 0) is 43.9 Å². The minimum Gasteiger partial charge on any atom is -0.475 e. The molecule has 1 unspecified atom stereocenters. The number of piperazine rings is 1. The molecule has 3 atom stereocenters. The second-order valence-corrected chi connectivity index (χ2v) is 11.3. The van der Waals surface area contributed by atoms with E-state index in [2.05, 4.69) is 45.1 Å². The first-order valence-corrected chi connectivity index (χ1v) is 14.9. The van der Waals surface area contributed by atoms with Crippen LogP contribution in [0, 0.1) is 5.92 Å². The number of hydrogen-bond donors (Lipinski definition) is 4. The molecular formula is C28H36F12N4O9. The van der Waals surface area contributed by atoms with E-state index < -0.39 is 48.6 Å². The summed E-state index contributed by atoms with van der Waals surface area (Å²) in [7, 11) is 2.24. The molecule has 0 amide bonds. The van der Waals surface area contributed by atoms with Crippen molar-refractivity contribution in [2.75, 3.05) is 59.5 Å². The molecule has 4 N–H and O–H groups in total. The molecule has 13 nitrogen and oxygen atoms in total. The van der Waals surface area contributed by atoms with Crippen LogP contribution in [0.2, 0.25) is 0 Å². The third-order valence-electron chi connectivity index (χ3n) is 7.29. The highest BCUT2D eigenvalue weighted by atomic mass is 19.4. The van der Waals surface area contributed by atoms with Crippen molar-refractivity contribution >= 4 is 23.9 Å². The molecule has 306 valence electrons. The first kappa shape index (κ1) is 49.0. The molecule has 1 aromatic rings. The van der Waals surface area contributed by atoms with E-state index in [-0.39, 0.29) is 0 Å². The zero-order chi connectivity index (χ0) is 41.4. The van der Waals surface area contributed by atoms with Gasteiger partial charge in [0.25, 0.3) is 0 Å². The molecule has 0 saturated carbocycles. The fourth-order valence-electron chi connectivity index (χ4n) is 4.79. The maximum Gasteiger partial charge on any atom is 0.490 e. The Balaban J connectivity index is 0.000000791. The van der Waals surface area contributed by atoms with E-state index in [0.717, 1.165) is 25.6 Å². The molecule has 0 radical (unpaired) electrons. The predicted octanol–water partition coefficient (Wildman–Crippen LogP) is 3.88. The molecule has 4 rings (SSSR count). The monoisotopic (exact) mass is 800 g/mol. The molecule has 3 fully saturated rings. The zero-order valence-electron chi connectivity index (χ0n) is 27.5. The first-order chi connectivity index (χ1) is 24.1. The normalized spacial score (nSPS) is 21.3. The second-order valence-electron chi connectivity index (χ2n) is 11.3. The minimum atomic E-state index is -5.08. The van der Waals surface area contributed by atoms with Gasteiger partial charge in [0, 0.05) is 70.4 Å². The summed E-state index contributed by atoms with van der Waals surface area (Å²) in [5.74, 6) is -10.3. The molecule has 0 bridgehead atoms. The van der Waals surface area contributed by atoms with E-state index in [9.17, 15) is 52.7 Å². The number of likely N-dealkylation sites (N-methyl/N-ethyl adjacent to an activating group) is 1. The van der Waals surface area contributed by atoms with Crippen LogP contribution in [-0.4, -0.2) is 160 Å². The Morgan fingerprint density at radius 2 is 1.17 bits per heavy atom. The summed E-state index contributed by atoms with van der Waals surface area (Å²) in [6.07, 6.45) is -12.7. The minimum absolute atomic E-state index is 0.619. The third kappa shape index (κ3) is 20.8. The van der Waals surface area contributed by atoms with Crippen LogP contribution in [0.3, 0.4) is 0 Å². The zero-order valence-corrected chi connectivity index (χ0v) is 27.5. The Morgan fingerprint density at radius 1 is 0.736 bits per heavy atom. The summed E-state index contributed by atoms with van der Waals surface area (Å²) in [6.45, 7) is 9.17. The standard InChI is InChI=1S/C20H32N4O.4C2HF3O2/c1-22-8-10-23(11-9-22)19-4-7-24(15-18-5-12-25-16-18)20(19)13-17-3-2-6-21-14-17;4*3-2(4,5)1(6)7/h2-3,6,14,18-20H,4-5,7-13,15-16H2,1H3;4*(H,6,7)/t18?,19-,20+;;;;/m1..../s1. The summed E-state index contributed by atoms with van der Waals surface area (Å²) in [4.78, 5) is 47.9. The van der Waals surface area contributed by atoms with Crippen molar-refractivity contribution in [3.63, 3.8) is 0 Å². The van der Waals surface area contributed by atoms with Crippen LogP contribution >= 0.6 is 0 Å². The van der Waals surface area contributed by atoms with E-state index in [0.29, 0.717) is 12.1 Å². The molecule has 4 heterocycles. The lowest BCUT2D eigenvalue weighted by Gasteiger charge is -2.40. The lowest BCUT2D eigenvalue weighted by molar-refractivity contribution is -0.193. The van der Waals surface area contributed by atoms with Gasteiger partial charge in [0.05, 0.1) is 6.61 Å². The molecule has 1 aromatic heterocycles. The fraction of sp³-hybridized carbons (Fsp3) is 0.679. The smallest absolute Gasteiger partial charge is 0.475 e. The maximum absolute atomic E-state index is 10.6. The number of carboxylic acid groups (broad SMARTS) is 4. The summed E-state index contributed by atoms with van der Waals surface area (Å²) < 4.78 is 133. The summed E-state index contributed by atoms with van der Waals surface area (Å²) in [5.41, 5.74) is 1.38. The lowest BCUT2D eigenvalue weighted by Crippen LogP contribution is -2.53. The van der Waals surface area contributed by atoms with E-state index in [4.69, 9.17) is 44.3 Å². The van der Waals surface area contributed by atoms with Gasteiger partial charge in [-0.3, -0.25) is 14.8 Å². The lowest BCUT2D eigenvalue weighted by atomic mass is 9.98. The Morgan fingerprint density at radius 3 is 1.51 bits per heavy atom. The van der Waals surface area contributed by atoms with Gasteiger partial charge in [0.15, 0.2) is 0 Å². The molecule has 0 aliphatic carbocycles. The number of aliphatic carboxylic acids is 4. The van der Waals surface area contributed by atoms with E-state index in [1.807, 2.05) is 6.20 Å². The van der Waals surface area contributed by atoms with Crippen LogP contribution in [0.15, 0.2) is 24.5 Å². The van der Waals surface area contributed by atoms with Gasteiger partial charge < -0.3 is 30.1 Å². The van der Waals surface area contributed by atoms with Crippen molar-refractivity contribution in [3.05, 3.63) is 30.1 Å². The average molecular weight is 801 g/mol. The SMILES string of the molecule is CN1CCN([C@@H]2CCN(CC3CCOC3)[C@H]2Cc2cccnc2)CC1.O=C(O)C(F)(F)F.O=C(O)C(F)(F)F.O=C(O)C(F)(F)F.O=C(O)C(F)(F)F. The molecule has 25 heteroatoms. The number of pyridine rings is 1. The number of ether oxygens (including phenoxy) is 1. The largest absolute Gasteiger partial charge is 0.490 e. The topological polar surface area (TPSA) is 181 Å². The highest BCUT2D eigenvalue weighted by molar-refractivity contribution is 5.74. The van der Waals surface area contributed by atoms with Gasteiger partial charge in [-0.25, -0.2) is 19.2 Å².